The summed E-state index contributed by atoms with van der Waals surface area (Å²) in [6.45, 7) is 4.16. The van der Waals surface area contributed by atoms with Gasteiger partial charge in [-0.05, 0) is 20.3 Å². The topological polar surface area (TPSA) is 139 Å². The van der Waals surface area contributed by atoms with Crippen LogP contribution >= 0.6 is 0 Å². The molecule has 3 rings (SSSR count). The van der Waals surface area contributed by atoms with Crippen LogP contribution in [0.3, 0.4) is 0 Å². The Labute approximate surface area is 175 Å². The second-order valence-electron chi connectivity index (χ2n) is 6.98. The van der Waals surface area contributed by atoms with E-state index in [2.05, 4.69) is 25.0 Å². The largest absolute Gasteiger partial charge is 0.369 e. The predicted octanol–water partition coefficient (Wildman–Crippen LogP) is 0.150. The number of nitrogens with one attached hydrogen (secondary N) is 2. The van der Waals surface area contributed by atoms with Crippen LogP contribution < -0.4 is 10.0 Å². The molecule has 2 aromatic rings. The molecule has 0 spiro atoms. The molecule has 0 atom stereocenters. The SMILES string of the molecule is Cc1ncn(-c2cc(NCCNS(=O)(=O)CCN3C(=O)CCCC3=O)ncn2)c1C. The Morgan fingerprint density at radius 1 is 1.07 bits per heavy atom. The van der Waals surface area contributed by atoms with Crippen LogP contribution in [0.4, 0.5) is 5.82 Å². The van der Waals surface area contributed by atoms with Gasteiger partial charge in [0.1, 0.15) is 24.3 Å². The van der Waals surface area contributed by atoms with Crippen molar-refractivity contribution in [3.05, 3.63) is 30.1 Å². The fourth-order valence-electron chi connectivity index (χ4n) is 3.04. The number of sulfonamides is 1. The van der Waals surface area contributed by atoms with Crippen molar-refractivity contribution < 1.29 is 18.0 Å². The van der Waals surface area contributed by atoms with Crippen molar-refractivity contribution in [2.75, 3.05) is 30.7 Å². The van der Waals surface area contributed by atoms with Crippen molar-refractivity contribution >= 4 is 27.7 Å². The van der Waals surface area contributed by atoms with E-state index in [0.717, 1.165) is 16.3 Å². The van der Waals surface area contributed by atoms with E-state index >= 15 is 0 Å². The van der Waals surface area contributed by atoms with Gasteiger partial charge in [0.05, 0.1) is 11.4 Å². The van der Waals surface area contributed by atoms with Gasteiger partial charge in [0.15, 0.2) is 0 Å². The van der Waals surface area contributed by atoms with E-state index < -0.39 is 10.0 Å². The minimum Gasteiger partial charge on any atom is -0.369 e. The normalized spacial score (nSPS) is 14.9. The second-order valence-corrected chi connectivity index (χ2v) is 8.91. The van der Waals surface area contributed by atoms with Gasteiger partial charge in [-0.2, -0.15) is 0 Å². The molecule has 2 amide bonds. The summed E-state index contributed by atoms with van der Waals surface area (Å²) < 4.78 is 28.6. The highest BCUT2D eigenvalue weighted by Crippen LogP contribution is 2.14. The van der Waals surface area contributed by atoms with Crippen molar-refractivity contribution in [1.82, 2.24) is 29.1 Å². The summed E-state index contributed by atoms with van der Waals surface area (Å²) in [6.07, 6.45) is 4.19. The third kappa shape index (κ3) is 5.39. The van der Waals surface area contributed by atoms with Gasteiger partial charge in [-0.15, -0.1) is 0 Å². The number of imidazole rings is 1. The molecule has 0 bridgehead atoms. The number of piperidine rings is 1. The lowest BCUT2D eigenvalue weighted by atomic mass is 10.1. The van der Waals surface area contributed by atoms with Crippen molar-refractivity contribution in [3.63, 3.8) is 0 Å². The molecule has 30 heavy (non-hydrogen) atoms. The van der Waals surface area contributed by atoms with Crippen LogP contribution in [0.15, 0.2) is 18.7 Å². The summed E-state index contributed by atoms with van der Waals surface area (Å²) in [6, 6.07) is 1.75. The standard InChI is InChI=1S/C18H25N7O4S/c1-13-14(2)25(12-22-13)16-10-15(20-11-21-16)19-6-7-23-30(28,29)9-8-24-17(26)4-3-5-18(24)27/h10-12,23H,3-9H2,1-2H3,(H,19,20,21). The summed E-state index contributed by atoms with van der Waals surface area (Å²) >= 11 is 0. The molecule has 3 heterocycles. The van der Waals surface area contributed by atoms with Crippen molar-refractivity contribution in [2.24, 2.45) is 0 Å². The Morgan fingerprint density at radius 3 is 2.47 bits per heavy atom. The van der Waals surface area contributed by atoms with Crippen LogP contribution in [0.25, 0.3) is 5.82 Å². The Bertz CT molecular complexity index is 1020. The summed E-state index contributed by atoms with van der Waals surface area (Å²) in [5.74, 6) is 0.259. The predicted molar refractivity (Wildman–Crippen MR) is 109 cm³/mol. The molecule has 2 N–H and O–H groups in total. The van der Waals surface area contributed by atoms with E-state index in [-0.39, 0.29) is 43.5 Å². The third-order valence-electron chi connectivity index (χ3n) is 4.87. The number of amides is 2. The summed E-state index contributed by atoms with van der Waals surface area (Å²) in [7, 11) is -3.62. The highest BCUT2D eigenvalue weighted by atomic mass is 32.2. The molecule has 0 unspecified atom stereocenters. The number of carbonyl (C=O) groups is 2. The molecule has 0 radical (unpaired) electrons. The van der Waals surface area contributed by atoms with Crippen molar-refractivity contribution in [2.45, 2.75) is 33.1 Å². The van der Waals surface area contributed by atoms with Gasteiger partial charge in [0, 0.05) is 44.2 Å². The van der Waals surface area contributed by atoms with Gasteiger partial charge in [-0.25, -0.2) is 28.1 Å². The molecule has 1 aliphatic heterocycles. The van der Waals surface area contributed by atoms with E-state index in [0.29, 0.717) is 24.6 Å². The first kappa shape index (κ1) is 21.8. The average Bonchev–Trinajstić information content (AvgIpc) is 3.04. The number of hydrogen-bond donors (Lipinski definition) is 2. The van der Waals surface area contributed by atoms with Gasteiger partial charge >= 0.3 is 0 Å². The molecular formula is C18H25N7O4S. The minimum absolute atomic E-state index is 0.126. The zero-order chi connectivity index (χ0) is 21.7. The number of imide groups is 1. The van der Waals surface area contributed by atoms with Gasteiger partial charge in [0.25, 0.3) is 0 Å². The molecular weight excluding hydrogens is 410 g/mol. The number of rotatable bonds is 9. The van der Waals surface area contributed by atoms with Gasteiger partial charge in [-0.3, -0.25) is 19.1 Å². The number of likely N-dealkylation sites (tertiary alicyclic amines) is 1. The fraction of sp³-hybridized carbons (Fsp3) is 0.500. The average molecular weight is 436 g/mol. The summed E-state index contributed by atoms with van der Waals surface area (Å²) in [5, 5.41) is 3.04. The second kappa shape index (κ2) is 9.30. The highest BCUT2D eigenvalue weighted by molar-refractivity contribution is 7.89. The van der Waals surface area contributed by atoms with E-state index in [9.17, 15) is 18.0 Å². The molecule has 12 heteroatoms. The number of nitrogens with zero attached hydrogens (tertiary/aromatic N) is 5. The first-order chi connectivity index (χ1) is 14.3. The quantitative estimate of drug-likeness (QED) is 0.419. The first-order valence-electron chi connectivity index (χ1n) is 9.64. The van der Waals surface area contributed by atoms with Crippen LogP contribution in [0, 0.1) is 13.8 Å². The van der Waals surface area contributed by atoms with Crippen molar-refractivity contribution in [3.8, 4) is 5.82 Å². The molecule has 2 aromatic heterocycles. The van der Waals surface area contributed by atoms with E-state index in [1.54, 1.807) is 12.4 Å². The Morgan fingerprint density at radius 2 is 1.80 bits per heavy atom. The lowest BCUT2D eigenvalue weighted by Gasteiger charge is -2.24. The van der Waals surface area contributed by atoms with Crippen LogP contribution in [-0.4, -0.2) is 70.0 Å². The van der Waals surface area contributed by atoms with Crippen LogP contribution in [-0.2, 0) is 19.6 Å². The zero-order valence-electron chi connectivity index (χ0n) is 17.0. The fourth-order valence-corrected chi connectivity index (χ4v) is 4.02. The maximum Gasteiger partial charge on any atom is 0.229 e. The summed E-state index contributed by atoms with van der Waals surface area (Å²) in [5.41, 5.74) is 1.88. The zero-order valence-corrected chi connectivity index (χ0v) is 17.8. The van der Waals surface area contributed by atoms with Gasteiger partial charge in [0.2, 0.25) is 21.8 Å². The monoisotopic (exact) mass is 435 g/mol. The highest BCUT2D eigenvalue weighted by Gasteiger charge is 2.27. The maximum atomic E-state index is 12.2. The van der Waals surface area contributed by atoms with E-state index in [1.165, 1.54) is 6.33 Å². The number of hydrogen-bond acceptors (Lipinski definition) is 8. The molecule has 0 aliphatic carbocycles. The number of anilines is 1. The van der Waals surface area contributed by atoms with Gasteiger partial charge < -0.3 is 5.32 Å². The molecule has 1 aliphatic rings. The number of carbonyl (C=O) groups excluding carboxylic acids is 2. The Hall–Kier alpha value is -2.86. The lowest BCUT2D eigenvalue weighted by molar-refractivity contribution is -0.147. The molecule has 11 nitrogen and oxygen atoms in total. The maximum absolute atomic E-state index is 12.2. The number of aryl methyl sites for hydroxylation is 1. The van der Waals surface area contributed by atoms with Crippen LogP contribution in [0.2, 0.25) is 0 Å². The molecule has 0 aromatic carbocycles. The smallest absolute Gasteiger partial charge is 0.229 e. The molecule has 1 fully saturated rings. The minimum atomic E-state index is -3.62. The number of aromatic nitrogens is 4. The molecule has 1 saturated heterocycles. The first-order valence-corrected chi connectivity index (χ1v) is 11.3. The molecule has 162 valence electrons. The molecule has 0 saturated carbocycles. The summed E-state index contributed by atoms with van der Waals surface area (Å²) in [4.78, 5) is 37.2. The Balaban J connectivity index is 1.47. The lowest BCUT2D eigenvalue weighted by Crippen LogP contribution is -2.44. The van der Waals surface area contributed by atoms with E-state index in [1.807, 2.05) is 18.4 Å². The van der Waals surface area contributed by atoms with Crippen LogP contribution in [0.1, 0.15) is 30.7 Å². The van der Waals surface area contributed by atoms with Crippen molar-refractivity contribution in [1.29, 1.82) is 0 Å². The van der Waals surface area contributed by atoms with E-state index in [4.69, 9.17) is 0 Å². The Kier molecular flexibility index (Phi) is 6.77. The van der Waals surface area contributed by atoms with Gasteiger partial charge in [-0.1, -0.05) is 0 Å². The third-order valence-corrected chi connectivity index (χ3v) is 6.24. The van der Waals surface area contributed by atoms with Crippen LogP contribution in [0.5, 0.6) is 0 Å².